The number of hydrogen-bond acceptors (Lipinski definition) is 7. The number of benzene rings is 2. The number of nitrogens with zero attached hydrogens (tertiary/aromatic N) is 1. The Balaban J connectivity index is 1.87. The van der Waals surface area contributed by atoms with Gasteiger partial charge in [0.05, 0.1) is 45.2 Å². The number of halogens is 3. The number of methoxy groups -OCH3 is 3. The van der Waals surface area contributed by atoms with Crippen LogP contribution in [0, 0.1) is 5.41 Å². The van der Waals surface area contributed by atoms with E-state index in [4.69, 9.17) is 18.4 Å². The summed E-state index contributed by atoms with van der Waals surface area (Å²) in [4.78, 5) is 15.3. The quantitative estimate of drug-likeness (QED) is 0.394. The number of carbonyl (C=O) groups is 1. The molecule has 2 aromatic rings. The SMILES string of the molecule is COc1cc(CN2CCC(CCOS(C)(=O)=O)(Cc3ccc(C(F)(F)F)cc3)C2=O)cc(OC)c1OC. The molecule has 204 valence electrons. The summed E-state index contributed by atoms with van der Waals surface area (Å²) in [6.07, 6.45) is -2.94. The third-order valence-electron chi connectivity index (χ3n) is 6.40. The first kappa shape index (κ1) is 28.6. The molecule has 0 aliphatic carbocycles. The molecule has 1 unspecified atom stereocenters. The van der Waals surface area contributed by atoms with Crippen LogP contribution in [-0.2, 0) is 38.2 Å². The highest BCUT2D eigenvalue weighted by Gasteiger charge is 2.46. The Morgan fingerprint density at radius 3 is 2.05 bits per heavy atom. The van der Waals surface area contributed by atoms with Crippen LogP contribution in [0.4, 0.5) is 13.2 Å². The molecule has 0 bridgehead atoms. The minimum atomic E-state index is -4.47. The van der Waals surface area contributed by atoms with Crippen LogP contribution in [0.3, 0.4) is 0 Å². The van der Waals surface area contributed by atoms with Gasteiger partial charge in [-0.3, -0.25) is 8.98 Å². The lowest BCUT2D eigenvalue weighted by Crippen LogP contribution is -2.37. The van der Waals surface area contributed by atoms with Gasteiger partial charge < -0.3 is 19.1 Å². The van der Waals surface area contributed by atoms with Gasteiger partial charge in [-0.15, -0.1) is 0 Å². The second-order valence-corrected chi connectivity index (χ2v) is 10.6. The fourth-order valence-electron chi connectivity index (χ4n) is 4.57. The van der Waals surface area contributed by atoms with Crippen LogP contribution in [0.1, 0.15) is 29.5 Å². The number of amides is 1. The maximum absolute atomic E-state index is 13.7. The predicted molar refractivity (Wildman–Crippen MR) is 129 cm³/mol. The first-order valence-corrected chi connectivity index (χ1v) is 13.2. The lowest BCUT2D eigenvalue weighted by atomic mass is 9.77. The van der Waals surface area contributed by atoms with Crippen LogP contribution in [0.15, 0.2) is 36.4 Å². The lowest BCUT2D eigenvalue weighted by molar-refractivity contribution is -0.138. The topological polar surface area (TPSA) is 91.4 Å². The van der Waals surface area contributed by atoms with Crippen molar-refractivity contribution in [2.24, 2.45) is 5.41 Å². The van der Waals surface area contributed by atoms with Crippen LogP contribution in [-0.4, -0.2) is 60.0 Å². The summed E-state index contributed by atoms with van der Waals surface area (Å²) < 4.78 is 83.0. The predicted octanol–water partition coefficient (Wildman–Crippen LogP) is 4.06. The molecule has 8 nitrogen and oxygen atoms in total. The smallest absolute Gasteiger partial charge is 0.416 e. The van der Waals surface area contributed by atoms with Crippen LogP contribution in [0.25, 0.3) is 0 Å². The third-order valence-corrected chi connectivity index (χ3v) is 7.00. The second-order valence-electron chi connectivity index (χ2n) is 8.94. The third kappa shape index (κ3) is 6.86. The van der Waals surface area contributed by atoms with Gasteiger partial charge >= 0.3 is 6.18 Å². The molecule has 2 aromatic carbocycles. The van der Waals surface area contributed by atoms with Crippen molar-refractivity contribution in [3.05, 3.63) is 53.1 Å². The number of ether oxygens (including phenoxy) is 3. The zero-order valence-electron chi connectivity index (χ0n) is 21.1. The van der Waals surface area contributed by atoms with Gasteiger partial charge in [-0.1, -0.05) is 12.1 Å². The van der Waals surface area contributed by atoms with Crippen molar-refractivity contribution in [3.63, 3.8) is 0 Å². The fraction of sp³-hybridized carbons (Fsp3) is 0.480. The molecule has 0 spiro atoms. The molecular formula is C25H30F3NO7S. The largest absolute Gasteiger partial charge is 0.493 e. The van der Waals surface area contributed by atoms with Crippen molar-refractivity contribution in [3.8, 4) is 17.2 Å². The Kier molecular flexibility index (Phi) is 8.63. The molecule has 1 atom stereocenters. The molecule has 1 saturated heterocycles. The van der Waals surface area contributed by atoms with E-state index in [1.807, 2.05) is 0 Å². The van der Waals surface area contributed by atoms with Gasteiger partial charge in [-0.2, -0.15) is 21.6 Å². The summed E-state index contributed by atoms with van der Waals surface area (Å²) in [5.74, 6) is 1.04. The number of alkyl halides is 3. The molecule has 3 rings (SSSR count). The zero-order chi connectivity index (χ0) is 27.4. The van der Waals surface area contributed by atoms with Crippen molar-refractivity contribution in [2.75, 3.05) is 40.7 Å². The van der Waals surface area contributed by atoms with Gasteiger partial charge in [-0.25, -0.2) is 0 Å². The maximum atomic E-state index is 13.7. The molecule has 0 saturated carbocycles. The van der Waals surface area contributed by atoms with Crippen molar-refractivity contribution >= 4 is 16.0 Å². The van der Waals surface area contributed by atoms with Crippen LogP contribution >= 0.6 is 0 Å². The van der Waals surface area contributed by atoms with E-state index >= 15 is 0 Å². The van der Waals surface area contributed by atoms with E-state index in [0.717, 1.165) is 24.0 Å². The Morgan fingerprint density at radius 2 is 1.57 bits per heavy atom. The average Bonchev–Trinajstić information content (AvgIpc) is 3.12. The van der Waals surface area contributed by atoms with Crippen LogP contribution < -0.4 is 14.2 Å². The number of likely N-dealkylation sites (tertiary alicyclic amines) is 1. The highest BCUT2D eigenvalue weighted by molar-refractivity contribution is 7.85. The minimum absolute atomic E-state index is 0.0890. The molecule has 37 heavy (non-hydrogen) atoms. The summed E-state index contributed by atoms with van der Waals surface area (Å²) in [5.41, 5.74) is -0.561. The fourth-order valence-corrected chi connectivity index (χ4v) is 4.95. The summed E-state index contributed by atoms with van der Waals surface area (Å²) in [7, 11) is 0.726. The van der Waals surface area contributed by atoms with Crippen molar-refractivity contribution in [2.45, 2.75) is 32.0 Å². The van der Waals surface area contributed by atoms with E-state index in [0.29, 0.717) is 35.8 Å². The monoisotopic (exact) mass is 545 g/mol. The molecule has 1 heterocycles. The van der Waals surface area contributed by atoms with Crippen molar-refractivity contribution in [1.82, 2.24) is 4.90 Å². The lowest BCUT2D eigenvalue weighted by Gasteiger charge is -2.28. The zero-order valence-corrected chi connectivity index (χ0v) is 21.9. The Hall–Kier alpha value is -2.99. The molecule has 1 aliphatic heterocycles. The highest BCUT2D eigenvalue weighted by Crippen LogP contribution is 2.42. The van der Waals surface area contributed by atoms with Crippen molar-refractivity contribution < 1.29 is 44.8 Å². The highest BCUT2D eigenvalue weighted by atomic mass is 32.2. The maximum Gasteiger partial charge on any atom is 0.416 e. The average molecular weight is 546 g/mol. The van der Waals surface area contributed by atoms with Crippen molar-refractivity contribution in [1.29, 1.82) is 0 Å². The first-order valence-electron chi connectivity index (χ1n) is 11.4. The standard InChI is InChI=1S/C25H30F3NO7S/c1-33-20-13-18(14-21(34-2)22(20)35-3)16-29-11-9-24(23(29)30,10-12-36-37(4,31)32)15-17-5-7-19(8-6-17)25(26,27)28/h5-8,13-14H,9-12,15-16H2,1-4H3. The van der Waals surface area contributed by atoms with Gasteiger partial charge in [0, 0.05) is 13.1 Å². The number of hydrogen-bond donors (Lipinski definition) is 0. The molecule has 0 radical (unpaired) electrons. The van der Waals surface area contributed by atoms with E-state index in [1.165, 1.54) is 33.5 Å². The number of carbonyl (C=O) groups excluding carboxylic acids is 1. The molecule has 0 N–H and O–H groups in total. The molecule has 12 heteroatoms. The first-order chi connectivity index (χ1) is 17.3. The number of rotatable bonds is 11. The Labute approximate surface area is 214 Å². The minimum Gasteiger partial charge on any atom is -0.493 e. The van der Waals surface area contributed by atoms with Crippen LogP contribution in [0.2, 0.25) is 0 Å². The molecular weight excluding hydrogens is 515 g/mol. The summed E-state index contributed by atoms with van der Waals surface area (Å²) in [5, 5.41) is 0. The van der Waals surface area contributed by atoms with Crippen LogP contribution in [0.5, 0.6) is 17.2 Å². The van der Waals surface area contributed by atoms with Gasteiger partial charge in [0.25, 0.3) is 10.1 Å². The summed E-state index contributed by atoms with van der Waals surface area (Å²) in [6, 6.07) is 8.11. The van der Waals surface area contributed by atoms with Gasteiger partial charge in [-0.05, 0) is 54.7 Å². The van der Waals surface area contributed by atoms with Gasteiger partial charge in [0.1, 0.15) is 0 Å². The normalized spacial score (nSPS) is 18.2. The van der Waals surface area contributed by atoms with E-state index in [-0.39, 0.29) is 31.9 Å². The molecule has 1 amide bonds. The van der Waals surface area contributed by atoms with E-state index < -0.39 is 27.3 Å². The van der Waals surface area contributed by atoms with Gasteiger partial charge in [0.2, 0.25) is 11.7 Å². The van der Waals surface area contributed by atoms with Gasteiger partial charge in [0.15, 0.2) is 11.5 Å². The Morgan fingerprint density at radius 1 is 0.973 bits per heavy atom. The van der Waals surface area contributed by atoms with E-state index in [9.17, 15) is 26.4 Å². The summed E-state index contributed by atoms with van der Waals surface area (Å²) >= 11 is 0. The molecule has 1 fully saturated rings. The summed E-state index contributed by atoms with van der Waals surface area (Å²) in [6.45, 7) is 0.371. The Bertz CT molecular complexity index is 1190. The molecule has 1 aliphatic rings. The van der Waals surface area contributed by atoms with E-state index in [2.05, 4.69) is 0 Å². The second kappa shape index (κ2) is 11.2. The van der Waals surface area contributed by atoms with E-state index in [1.54, 1.807) is 17.0 Å². The molecule has 0 aromatic heterocycles.